The van der Waals surface area contributed by atoms with Crippen LogP contribution in [0.1, 0.15) is 21.9 Å². The maximum Gasteiger partial charge on any atom is 0.293 e. The van der Waals surface area contributed by atoms with Crippen LogP contribution in [0.5, 0.6) is 0 Å². The summed E-state index contributed by atoms with van der Waals surface area (Å²) in [5.74, 6) is 0.730. The fraction of sp³-hybridized carbons (Fsp3) is 0.0870. The van der Waals surface area contributed by atoms with Crippen molar-refractivity contribution in [2.75, 3.05) is 5.32 Å². The van der Waals surface area contributed by atoms with Crippen LogP contribution in [0, 0.1) is 13.8 Å². The van der Waals surface area contributed by atoms with Gasteiger partial charge in [-0.1, -0.05) is 52.7 Å². The van der Waals surface area contributed by atoms with Gasteiger partial charge < -0.3 is 9.73 Å². The van der Waals surface area contributed by atoms with E-state index in [0.29, 0.717) is 21.4 Å². The number of aryl methyl sites for hydroxylation is 1. The number of anilines is 1. The van der Waals surface area contributed by atoms with Gasteiger partial charge in [-0.25, -0.2) is 0 Å². The van der Waals surface area contributed by atoms with Crippen LogP contribution in [0.3, 0.4) is 0 Å². The lowest BCUT2D eigenvalue weighted by molar-refractivity contribution is 0.0951. The Morgan fingerprint density at radius 3 is 2.63 bits per heavy atom. The first-order chi connectivity index (χ1) is 16.8. The van der Waals surface area contributed by atoms with Gasteiger partial charge in [0.15, 0.2) is 16.7 Å². The van der Waals surface area contributed by atoms with E-state index in [4.69, 9.17) is 39.8 Å². The van der Waals surface area contributed by atoms with Crippen molar-refractivity contribution in [2.24, 2.45) is 0 Å². The molecule has 0 spiro atoms. The highest BCUT2D eigenvalue weighted by molar-refractivity contribution is 7.80. The lowest BCUT2D eigenvalue weighted by Crippen LogP contribution is -2.34. The zero-order valence-electron chi connectivity index (χ0n) is 18.3. The van der Waals surface area contributed by atoms with Crippen molar-refractivity contribution >= 4 is 68.4 Å². The number of nitrogens with one attached hydrogen (secondary N) is 2. The molecule has 0 fully saturated rings. The van der Waals surface area contributed by atoms with E-state index in [2.05, 4.69) is 25.9 Å². The Morgan fingerprint density at radius 2 is 1.83 bits per heavy atom. The summed E-state index contributed by atoms with van der Waals surface area (Å²) in [4.78, 5) is 13.4. The zero-order chi connectivity index (χ0) is 24.7. The molecule has 0 unspecified atom stereocenters. The van der Waals surface area contributed by atoms with Gasteiger partial charge in [0.2, 0.25) is 4.96 Å². The topological polar surface area (TPSA) is 97.3 Å². The number of hydrogen-bond acceptors (Lipinski definition) is 7. The number of nitrogens with zero attached hydrogens (tertiary/aromatic N) is 4. The third-order valence-electron chi connectivity index (χ3n) is 5.23. The maximum absolute atomic E-state index is 12.7. The monoisotopic (exact) mass is 542 g/mol. The molecule has 3 aromatic heterocycles. The number of aromatic nitrogens is 4. The largest absolute Gasteiger partial charge is 0.451 e. The van der Waals surface area contributed by atoms with Gasteiger partial charge in [-0.05, 0) is 62.0 Å². The van der Waals surface area contributed by atoms with Crippen molar-refractivity contribution < 1.29 is 9.21 Å². The number of thiocarbonyl (C=S) groups is 1. The molecule has 0 atom stereocenters. The molecule has 12 heteroatoms. The van der Waals surface area contributed by atoms with E-state index in [1.165, 1.54) is 11.3 Å². The minimum atomic E-state index is -0.496. The van der Waals surface area contributed by atoms with Crippen LogP contribution < -0.4 is 10.6 Å². The molecule has 0 saturated heterocycles. The van der Waals surface area contributed by atoms with Crippen molar-refractivity contribution in [1.82, 2.24) is 25.1 Å². The molecular weight excluding hydrogens is 527 g/mol. The van der Waals surface area contributed by atoms with Gasteiger partial charge in [-0.3, -0.25) is 10.1 Å². The number of benzene rings is 2. The van der Waals surface area contributed by atoms with Gasteiger partial charge in [0, 0.05) is 16.8 Å². The van der Waals surface area contributed by atoms with Crippen LogP contribution in [-0.2, 0) is 0 Å². The summed E-state index contributed by atoms with van der Waals surface area (Å²) in [7, 11) is 0. The van der Waals surface area contributed by atoms with E-state index in [1.54, 1.807) is 34.8 Å². The molecule has 0 radical (unpaired) electrons. The van der Waals surface area contributed by atoms with Crippen LogP contribution in [-0.4, -0.2) is 30.8 Å². The summed E-state index contributed by atoms with van der Waals surface area (Å²) in [5, 5.41) is 20.1. The molecule has 5 aromatic rings. The maximum atomic E-state index is 12.7. The summed E-state index contributed by atoms with van der Waals surface area (Å²) in [5.41, 5.74) is 3.17. The molecule has 0 bridgehead atoms. The summed E-state index contributed by atoms with van der Waals surface area (Å²) < 4.78 is 7.39. The molecule has 2 aromatic carbocycles. The molecule has 0 aliphatic carbocycles. The Morgan fingerprint density at radius 1 is 1.06 bits per heavy atom. The number of hydrogen-bond donors (Lipinski definition) is 2. The van der Waals surface area contributed by atoms with Gasteiger partial charge in [-0.2, -0.15) is 9.61 Å². The molecule has 0 aliphatic heterocycles. The summed E-state index contributed by atoms with van der Waals surface area (Å²) in [6.07, 6.45) is 0. The Labute approximate surface area is 218 Å². The molecular formula is C23H16Cl2N6O2S2. The van der Waals surface area contributed by atoms with Crippen molar-refractivity contribution in [1.29, 1.82) is 0 Å². The smallest absolute Gasteiger partial charge is 0.293 e. The van der Waals surface area contributed by atoms with Crippen LogP contribution >= 0.6 is 46.8 Å². The average molecular weight is 543 g/mol. The third kappa shape index (κ3) is 4.53. The second-order valence-electron chi connectivity index (χ2n) is 7.50. The highest BCUT2D eigenvalue weighted by atomic mass is 35.5. The molecule has 3 heterocycles. The Balaban J connectivity index is 1.31. The molecule has 5 rings (SSSR count). The number of carbonyl (C=O) groups is 1. The van der Waals surface area contributed by atoms with E-state index in [9.17, 15) is 4.79 Å². The number of carbonyl (C=O) groups excluding carboxylic acids is 1. The van der Waals surface area contributed by atoms with Crippen LogP contribution in [0.4, 0.5) is 5.69 Å². The Kier molecular flexibility index (Phi) is 6.28. The minimum absolute atomic E-state index is 0.0841. The van der Waals surface area contributed by atoms with Crippen molar-refractivity contribution in [3.63, 3.8) is 0 Å². The Bertz CT molecular complexity index is 1610. The molecule has 0 saturated carbocycles. The first-order valence-corrected chi connectivity index (χ1v) is 12.3. The van der Waals surface area contributed by atoms with Crippen LogP contribution in [0.15, 0.2) is 52.9 Å². The predicted octanol–water partition coefficient (Wildman–Crippen LogP) is 6.16. The third-order valence-corrected chi connectivity index (χ3v) is 7.19. The number of amides is 1. The fourth-order valence-corrected chi connectivity index (χ4v) is 5.01. The fourth-order valence-electron chi connectivity index (χ4n) is 3.44. The van der Waals surface area contributed by atoms with Gasteiger partial charge >= 0.3 is 0 Å². The lowest BCUT2D eigenvalue weighted by atomic mass is 10.1. The normalized spacial score (nSPS) is 11.1. The molecule has 2 N–H and O–H groups in total. The molecule has 176 valence electrons. The lowest BCUT2D eigenvalue weighted by Gasteiger charge is -2.13. The standard InChI is InChI=1S/C23H16Cl2N6O2S2/c1-11-13(21-30-31-12(2)28-29-23(31)35-21)5-4-8-16(11)26-22(34)27-20(32)18-10-9-17(33-18)14-6-3-7-15(24)19(14)25/h3-10H,1-2H3,(H2,26,27,32,34). The molecule has 1 amide bonds. The van der Waals surface area contributed by atoms with Crippen molar-refractivity contribution in [3.05, 3.63) is 75.7 Å². The molecule has 35 heavy (non-hydrogen) atoms. The van der Waals surface area contributed by atoms with Crippen molar-refractivity contribution in [2.45, 2.75) is 13.8 Å². The van der Waals surface area contributed by atoms with Gasteiger partial charge in [0.25, 0.3) is 5.91 Å². The van der Waals surface area contributed by atoms with E-state index >= 15 is 0 Å². The highest BCUT2D eigenvalue weighted by Crippen LogP contribution is 2.34. The zero-order valence-corrected chi connectivity index (χ0v) is 21.4. The summed E-state index contributed by atoms with van der Waals surface area (Å²) >= 11 is 19.1. The number of fused-ring (bicyclic) bond motifs is 1. The number of rotatable bonds is 4. The second kappa shape index (κ2) is 9.38. The predicted molar refractivity (Wildman–Crippen MR) is 141 cm³/mol. The summed E-state index contributed by atoms with van der Waals surface area (Å²) in [6.45, 7) is 3.80. The SMILES string of the molecule is Cc1c(NC(=S)NC(=O)c2ccc(-c3cccc(Cl)c3Cl)o2)cccc1-c1nn2c(C)nnc2s1. The average Bonchev–Trinajstić information content (AvgIpc) is 3.55. The first-order valence-electron chi connectivity index (χ1n) is 10.3. The quantitative estimate of drug-likeness (QED) is 0.262. The van der Waals surface area contributed by atoms with Crippen LogP contribution in [0.2, 0.25) is 10.0 Å². The van der Waals surface area contributed by atoms with Gasteiger partial charge in [-0.15, -0.1) is 10.2 Å². The van der Waals surface area contributed by atoms with E-state index in [0.717, 1.165) is 32.6 Å². The number of halogens is 2. The number of furan rings is 1. The second-order valence-corrected chi connectivity index (χ2v) is 9.65. The van der Waals surface area contributed by atoms with Crippen molar-refractivity contribution in [3.8, 4) is 21.9 Å². The minimum Gasteiger partial charge on any atom is -0.451 e. The van der Waals surface area contributed by atoms with E-state index in [1.807, 2.05) is 32.0 Å². The van der Waals surface area contributed by atoms with E-state index < -0.39 is 5.91 Å². The highest BCUT2D eigenvalue weighted by Gasteiger charge is 2.18. The first kappa shape index (κ1) is 23.4. The van der Waals surface area contributed by atoms with Crippen LogP contribution in [0.25, 0.3) is 26.9 Å². The van der Waals surface area contributed by atoms with Gasteiger partial charge in [0.1, 0.15) is 10.8 Å². The molecule has 8 nitrogen and oxygen atoms in total. The molecule has 0 aliphatic rings. The van der Waals surface area contributed by atoms with Gasteiger partial charge in [0.05, 0.1) is 10.0 Å². The summed E-state index contributed by atoms with van der Waals surface area (Å²) in [6, 6.07) is 14.1. The van der Waals surface area contributed by atoms with E-state index in [-0.39, 0.29) is 10.9 Å². The Hall–Kier alpha value is -3.31.